The molecule has 0 aliphatic heterocycles. The Morgan fingerprint density at radius 3 is 2.83 bits per heavy atom. The molecule has 0 fully saturated rings. The van der Waals surface area contributed by atoms with E-state index in [-0.39, 0.29) is 18.5 Å². The highest BCUT2D eigenvalue weighted by molar-refractivity contribution is 7.13. The zero-order chi connectivity index (χ0) is 16.8. The molecule has 1 N–H and O–H groups in total. The number of rotatable bonds is 8. The van der Waals surface area contributed by atoms with Gasteiger partial charge in [-0.1, -0.05) is 37.9 Å². The number of amides is 1. The lowest BCUT2D eigenvalue weighted by atomic mass is 10.0. The zero-order valence-corrected chi connectivity index (χ0v) is 14.6. The van der Waals surface area contributed by atoms with E-state index in [1.54, 1.807) is 0 Å². The molecule has 126 valence electrons. The smallest absolute Gasteiger partial charge is 0.352 e. The Bertz CT molecular complexity index is 673. The van der Waals surface area contributed by atoms with Gasteiger partial charge in [0.05, 0.1) is 4.88 Å². The average Bonchev–Trinajstić information content (AvgIpc) is 3.09. The third kappa shape index (κ3) is 5.06. The van der Waals surface area contributed by atoms with Crippen LogP contribution < -0.4 is 11.1 Å². The predicted molar refractivity (Wildman–Crippen MR) is 90.4 cm³/mol. The van der Waals surface area contributed by atoms with Crippen LogP contribution in [0, 0.1) is 5.92 Å². The SMILES string of the molecule is CC(C)CCCC(C)NC(=O)Cn1c(-c2cccs2)noc1=O. The second-order valence-electron chi connectivity index (χ2n) is 6.13. The molecule has 0 aromatic carbocycles. The summed E-state index contributed by atoms with van der Waals surface area (Å²) in [6.07, 6.45) is 3.15. The van der Waals surface area contributed by atoms with Crippen LogP contribution in [0.4, 0.5) is 0 Å². The maximum atomic E-state index is 12.2. The number of nitrogens with zero attached hydrogens (tertiary/aromatic N) is 2. The van der Waals surface area contributed by atoms with Gasteiger partial charge in [-0.3, -0.25) is 9.32 Å². The normalized spacial score (nSPS) is 12.5. The molecule has 23 heavy (non-hydrogen) atoms. The van der Waals surface area contributed by atoms with Gasteiger partial charge in [-0.25, -0.2) is 9.36 Å². The molecule has 0 spiro atoms. The molecular weight excluding hydrogens is 314 g/mol. The molecule has 1 unspecified atom stereocenters. The quantitative estimate of drug-likeness (QED) is 0.803. The fourth-order valence-corrected chi connectivity index (χ4v) is 3.07. The number of aromatic nitrogens is 2. The molecule has 2 aromatic heterocycles. The average molecular weight is 337 g/mol. The Balaban J connectivity index is 1.93. The van der Waals surface area contributed by atoms with E-state index in [9.17, 15) is 9.59 Å². The van der Waals surface area contributed by atoms with Gasteiger partial charge in [0.2, 0.25) is 5.91 Å². The third-order valence-electron chi connectivity index (χ3n) is 3.56. The standard InChI is InChI=1S/C16H23N3O3S/c1-11(2)6-4-7-12(3)17-14(20)10-19-15(18-22-16(19)21)13-8-5-9-23-13/h5,8-9,11-12H,4,6-7,10H2,1-3H3,(H,17,20). The summed E-state index contributed by atoms with van der Waals surface area (Å²) in [5, 5.41) is 8.58. The van der Waals surface area contributed by atoms with E-state index < -0.39 is 5.76 Å². The molecule has 2 heterocycles. The Morgan fingerprint density at radius 1 is 1.39 bits per heavy atom. The Morgan fingerprint density at radius 2 is 2.17 bits per heavy atom. The molecule has 0 radical (unpaired) electrons. The summed E-state index contributed by atoms with van der Waals surface area (Å²) in [7, 11) is 0. The molecule has 6 nitrogen and oxygen atoms in total. The summed E-state index contributed by atoms with van der Waals surface area (Å²) in [5.74, 6) is 0.246. The first-order chi connectivity index (χ1) is 11.0. The van der Waals surface area contributed by atoms with Gasteiger partial charge in [0.15, 0.2) is 5.82 Å². The lowest BCUT2D eigenvalue weighted by Crippen LogP contribution is -2.37. The fraction of sp³-hybridized carbons (Fsp3) is 0.562. The van der Waals surface area contributed by atoms with E-state index in [0.29, 0.717) is 11.7 Å². The van der Waals surface area contributed by atoms with E-state index in [1.807, 2.05) is 24.4 Å². The van der Waals surface area contributed by atoms with Crippen LogP contribution in [0.25, 0.3) is 10.7 Å². The summed E-state index contributed by atoms with van der Waals surface area (Å²) in [4.78, 5) is 24.7. The van der Waals surface area contributed by atoms with Crippen LogP contribution in [0.15, 0.2) is 26.8 Å². The van der Waals surface area contributed by atoms with Gasteiger partial charge in [-0.2, -0.15) is 0 Å². The van der Waals surface area contributed by atoms with Gasteiger partial charge in [-0.15, -0.1) is 11.3 Å². The van der Waals surface area contributed by atoms with Crippen molar-refractivity contribution in [3.8, 4) is 10.7 Å². The summed E-state index contributed by atoms with van der Waals surface area (Å²) < 4.78 is 5.97. The lowest BCUT2D eigenvalue weighted by Gasteiger charge is -2.14. The molecule has 0 saturated carbocycles. The van der Waals surface area contributed by atoms with Crippen molar-refractivity contribution in [2.24, 2.45) is 5.92 Å². The Labute approximate surface area is 139 Å². The van der Waals surface area contributed by atoms with Crippen LogP contribution in [0.1, 0.15) is 40.0 Å². The van der Waals surface area contributed by atoms with Crippen molar-refractivity contribution in [1.82, 2.24) is 15.0 Å². The van der Waals surface area contributed by atoms with Crippen molar-refractivity contribution in [3.63, 3.8) is 0 Å². The van der Waals surface area contributed by atoms with E-state index in [2.05, 4.69) is 24.3 Å². The molecule has 1 amide bonds. The first-order valence-electron chi connectivity index (χ1n) is 7.87. The first kappa shape index (κ1) is 17.5. The topological polar surface area (TPSA) is 77.1 Å². The minimum absolute atomic E-state index is 0.0793. The minimum Gasteiger partial charge on any atom is -0.352 e. The lowest BCUT2D eigenvalue weighted by molar-refractivity contribution is -0.122. The van der Waals surface area contributed by atoms with E-state index in [4.69, 9.17) is 4.52 Å². The van der Waals surface area contributed by atoms with Crippen LogP contribution in [0.3, 0.4) is 0 Å². The molecule has 7 heteroatoms. The monoisotopic (exact) mass is 337 g/mol. The highest BCUT2D eigenvalue weighted by atomic mass is 32.1. The summed E-state index contributed by atoms with van der Waals surface area (Å²) in [6.45, 7) is 6.28. The van der Waals surface area contributed by atoms with E-state index >= 15 is 0 Å². The molecule has 0 aliphatic carbocycles. The van der Waals surface area contributed by atoms with Crippen molar-refractivity contribution >= 4 is 17.2 Å². The van der Waals surface area contributed by atoms with E-state index in [1.165, 1.54) is 15.9 Å². The van der Waals surface area contributed by atoms with Gasteiger partial charge in [0.25, 0.3) is 0 Å². The van der Waals surface area contributed by atoms with Crippen LogP contribution in [0.5, 0.6) is 0 Å². The maximum absolute atomic E-state index is 12.2. The van der Waals surface area contributed by atoms with E-state index in [0.717, 1.165) is 24.1 Å². The first-order valence-corrected chi connectivity index (χ1v) is 8.75. The third-order valence-corrected chi connectivity index (χ3v) is 4.42. The zero-order valence-electron chi connectivity index (χ0n) is 13.7. The van der Waals surface area contributed by atoms with Crippen LogP contribution in [-0.4, -0.2) is 21.7 Å². The van der Waals surface area contributed by atoms with Crippen LogP contribution in [-0.2, 0) is 11.3 Å². The van der Waals surface area contributed by atoms with Crippen molar-refractivity contribution in [2.45, 2.75) is 52.6 Å². The van der Waals surface area contributed by atoms with Crippen LogP contribution >= 0.6 is 11.3 Å². The summed E-state index contributed by atoms with van der Waals surface area (Å²) in [5.41, 5.74) is 0. The highest BCUT2D eigenvalue weighted by Gasteiger charge is 2.17. The van der Waals surface area contributed by atoms with Gasteiger partial charge in [0.1, 0.15) is 6.54 Å². The predicted octanol–water partition coefficient (Wildman–Crippen LogP) is 2.90. The minimum atomic E-state index is -0.615. The van der Waals surface area contributed by atoms with Crippen molar-refractivity contribution in [3.05, 3.63) is 28.1 Å². The van der Waals surface area contributed by atoms with Gasteiger partial charge >= 0.3 is 5.76 Å². The van der Waals surface area contributed by atoms with Crippen molar-refractivity contribution in [2.75, 3.05) is 0 Å². The van der Waals surface area contributed by atoms with Crippen molar-refractivity contribution < 1.29 is 9.32 Å². The molecule has 0 bridgehead atoms. The Hall–Kier alpha value is -1.89. The number of hydrogen-bond acceptors (Lipinski definition) is 5. The number of carbonyl (C=O) groups excluding carboxylic acids is 1. The molecule has 0 saturated heterocycles. The summed E-state index contributed by atoms with van der Waals surface area (Å²) in [6, 6.07) is 3.78. The fourth-order valence-electron chi connectivity index (χ4n) is 2.36. The van der Waals surface area contributed by atoms with Crippen molar-refractivity contribution in [1.29, 1.82) is 0 Å². The number of thiophene rings is 1. The number of carbonyl (C=O) groups is 1. The van der Waals surface area contributed by atoms with Gasteiger partial charge in [0, 0.05) is 6.04 Å². The molecule has 2 aromatic rings. The molecule has 0 aliphatic rings. The van der Waals surface area contributed by atoms with Crippen LogP contribution in [0.2, 0.25) is 0 Å². The summed E-state index contributed by atoms with van der Waals surface area (Å²) >= 11 is 1.44. The second kappa shape index (κ2) is 8.10. The Kier molecular flexibility index (Phi) is 6.15. The molecule has 1 atom stereocenters. The number of nitrogens with one attached hydrogen (secondary N) is 1. The molecule has 2 rings (SSSR count). The largest absolute Gasteiger partial charge is 0.442 e. The number of hydrogen-bond donors (Lipinski definition) is 1. The highest BCUT2D eigenvalue weighted by Crippen LogP contribution is 2.21. The van der Waals surface area contributed by atoms with Gasteiger partial charge < -0.3 is 5.32 Å². The van der Waals surface area contributed by atoms with Gasteiger partial charge in [-0.05, 0) is 30.7 Å². The molecular formula is C16H23N3O3S. The maximum Gasteiger partial charge on any atom is 0.442 e. The second-order valence-corrected chi connectivity index (χ2v) is 7.08.